The SMILES string of the molecule is Cc1noc(-c2ccc(NS(C)(=O)=O)cc2)c1CC(=O)OC(C)c1ccccc1Cl. The van der Waals surface area contributed by atoms with Crippen molar-refractivity contribution < 1.29 is 22.5 Å². The van der Waals surface area contributed by atoms with Gasteiger partial charge in [0.25, 0.3) is 0 Å². The molecule has 1 N–H and O–H groups in total. The van der Waals surface area contributed by atoms with Crippen molar-refractivity contribution in [3.05, 3.63) is 70.4 Å². The van der Waals surface area contributed by atoms with Gasteiger partial charge in [-0.1, -0.05) is 35.0 Å². The summed E-state index contributed by atoms with van der Waals surface area (Å²) in [6, 6.07) is 13.8. The van der Waals surface area contributed by atoms with Crippen LogP contribution in [0, 0.1) is 6.92 Å². The Balaban J connectivity index is 1.76. The first-order valence-corrected chi connectivity index (χ1v) is 11.4. The molecule has 9 heteroatoms. The molecule has 0 saturated carbocycles. The highest BCUT2D eigenvalue weighted by molar-refractivity contribution is 7.92. The molecule has 0 radical (unpaired) electrons. The number of aromatic nitrogens is 1. The number of nitrogens with zero attached hydrogens (tertiary/aromatic N) is 1. The summed E-state index contributed by atoms with van der Waals surface area (Å²) in [5, 5.41) is 4.49. The fourth-order valence-electron chi connectivity index (χ4n) is 2.98. The second kappa shape index (κ2) is 8.89. The van der Waals surface area contributed by atoms with Gasteiger partial charge >= 0.3 is 5.97 Å². The van der Waals surface area contributed by atoms with Crippen molar-refractivity contribution in [2.24, 2.45) is 0 Å². The molecule has 0 aliphatic carbocycles. The zero-order chi connectivity index (χ0) is 21.9. The zero-order valence-electron chi connectivity index (χ0n) is 16.7. The van der Waals surface area contributed by atoms with Crippen molar-refractivity contribution in [2.75, 3.05) is 11.0 Å². The lowest BCUT2D eigenvalue weighted by Crippen LogP contribution is -2.12. The summed E-state index contributed by atoms with van der Waals surface area (Å²) < 4.78 is 36.0. The Morgan fingerprint density at radius 3 is 2.50 bits per heavy atom. The van der Waals surface area contributed by atoms with E-state index in [0.717, 1.165) is 11.8 Å². The lowest BCUT2D eigenvalue weighted by atomic mass is 10.0. The van der Waals surface area contributed by atoms with Crippen LogP contribution in [0.2, 0.25) is 5.02 Å². The van der Waals surface area contributed by atoms with Gasteiger partial charge in [0.15, 0.2) is 5.76 Å². The number of halogens is 1. The molecule has 1 heterocycles. The van der Waals surface area contributed by atoms with Crippen molar-refractivity contribution in [3.63, 3.8) is 0 Å². The average molecular weight is 449 g/mol. The van der Waals surface area contributed by atoms with Gasteiger partial charge < -0.3 is 9.26 Å². The third-order valence-corrected chi connectivity index (χ3v) is 5.36. The van der Waals surface area contributed by atoms with E-state index in [9.17, 15) is 13.2 Å². The van der Waals surface area contributed by atoms with Crippen LogP contribution in [0.3, 0.4) is 0 Å². The Labute approximate surface area is 180 Å². The Kier molecular flexibility index (Phi) is 6.48. The van der Waals surface area contributed by atoms with Crippen molar-refractivity contribution in [1.29, 1.82) is 0 Å². The van der Waals surface area contributed by atoms with Crippen molar-refractivity contribution in [1.82, 2.24) is 5.16 Å². The van der Waals surface area contributed by atoms with Crippen LogP contribution in [0.15, 0.2) is 53.1 Å². The minimum atomic E-state index is -3.37. The largest absolute Gasteiger partial charge is 0.457 e. The maximum absolute atomic E-state index is 12.5. The summed E-state index contributed by atoms with van der Waals surface area (Å²) in [5.41, 5.74) is 2.99. The maximum atomic E-state index is 12.5. The second-order valence-corrected chi connectivity index (χ2v) is 9.01. The topological polar surface area (TPSA) is 98.5 Å². The van der Waals surface area contributed by atoms with Gasteiger partial charge in [-0.05, 0) is 44.2 Å². The standard InChI is InChI=1S/C21H21ClN2O5S/c1-13-18(12-20(25)28-14(2)17-6-4-5-7-19(17)22)21(29-23-13)15-8-10-16(11-9-15)24-30(3,26)27/h4-11,14,24H,12H2,1-3H3. The molecule has 0 bridgehead atoms. The molecule has 1 atom stereocenters. The number of hydrogen-bond donors (Lipinski definition) is 1. The average Bonchev–Trinajstić information content (AvgIpc) is 3.02. The second-order valence-electron chi connectivity index (χ2n) is 6.86. The van der Waals surface area contributed by atoms with Gasteiger partial charge in [-0.2, -0.15) is 0 Å². The third-order valence-electron chi connectivity index (χ3n) is 4.41. The highest BCUT2D eigenvalue weighted by Gasteiger charge is 2.21. The molecule has 1 unspecified atom stereocenters. The normalized spacial score (nSPS) is 12.4. The molecular weight excluding hydrogens is 428 g/mol. The molecule has 1 aromatic heterocycles. The number of hydrogen-bond acceptors (Lipinski definition) is 6. The van der Waals surface area contributed by atoms with Gasteiger partial charge in [-0.15, -0.1) is 0 Å². The Morgan fingerprint density at radius 2 is 1.87 bits per heavy atom. The van der Waals surface area contributed by atoms with Crippen LogP contribution in [0.5, 0.6) is 0 Å². The molecule has 3 aromatic rings. The van der Waals surface area contributed by atoms with E-state index in [1.165, 1.54) is 0 Å². The summed E-state index contributed by atoms with van der Waals surface area (Å²) in [6.07, 6.45) is 0.549. The number of carbonyl (C=O) groups is 1. The summed E-state index contributed by atoms with van der Waals surface area (Å²) in [7, 11) is -3.37. The minimum Gasteiger partial charge on any atom is -0.457 e. The number of esters is 1. The zero-order valence-corrected chi connectivity index (χ0v) is 18.3. The molecule has 2 aromatic carbocycles. The Bertz CT molecular complexity index is 1160. The maximum Gasteiger partial charge on any atom is 0.311 e. The first-order valence-electron chi connectivity index (χ1n) is 9.11. The van der Waals surface area contributed by atoms with Crippen molar-refractivity contribution in [2.45, 2.75) is 26.4 Å². The van der Waals surface area contributed by atoms with Gasteiger partial charge in [0.05, 0.1) is 18.4 Å². The molecule has 7 nitrogen and oxygen atoms in total. The lowest BCUT2D eigenvalue weighted by molar-refractivity contribution is -0.147. The molecule has 0 aliphatic rings. The van der Waals surface area contributed by atoms with E-state index in [1.807, 2.05) is 18.2 Å². The summed E-state index contributed by atoms with van der Waals surface area (Å²) in [6.45, 7) is 3.50. The monoisotopic (exact) mass is 448 g/mol. The predicted octanol–water partition coefficient (Wildman–Crippen LogP) is 4.52. The van der Waals surface area contributed by atoms with Gasteiger partial charge in [-0.25, -0.2) is 8.42 Å². The third kappa shape index (κ3) is 5.40. The van der Waals surface area contributed by atoms with Crippen molar-refractivity contribution in [3.8, 4) is 11.3 Å². The number of ether oxygens (including phenoxy) is 1. The van der Waals surface area contributed by atoms with Gasteiger partial charge in [0, 0.05) is 27.4 Å². The van der Waals surface area contributed by atoms with Gasteiger partial charge in [0.1, 0.15) is 6.10 Å². The number of nitrogens with one attached hydrogen (secondary N) is 1. The predicted molar refractivity (Wildman–Crippen MR) is 115 cm³/mol. The van der Waals surface area contributed by atoms with E-state index in [1.54, 1.807) is 44.2 Å². The van der Waals surface area contributed by atoms with Crippen LogP contribution in [-0.2, 0) is 26.0 Å². The summed E-state index contributed by atoms with van der Waals surface area (Å²) in [4.78, 5) is 12.5. The molecule has 0 spiro atoms. The molecule has 0 amide bonds. The van der Waals surface area contributed by atoms with E-state index in [-0.39, 0.29) is 6.42 Å². The van der Waals surface area contributed by atoms with Crippen LogP contribution < -0.4 is 4.72 Å². The molecular formula is C21H21ClN2O5S. The highest BCUT2D eigenvalue weighted by Crippen LogP contribution is 2.30. The first-order chi connectivity index (χ1) is 14.1. The van der Waals surface area contributed by atoms with Crippen LogP contribution >= 0.6 is 11.6 Å². The highest BCUT2D eigenvalue weighted by atomic mass is 35.5. The fourth-order valence-corrected chi connectivity index (χ4v) is 3.83. The van der Waals surface area contributed by atoms with Crippen LogP contribution in [0.1, 0.15) is 29.8 Å². The fraction of sp³-hybridized carbons (Fsp3) is 0.238. The molecule has 30 heavy (non-hydrogen) atoms. The number of aryl methyl sites for hydroxylation is 1. The van der Waals surface area contributed by atoms with E-state index >= 15 is 0 Å². The molecule has 158 valence electrons. The summed E-state index contributed by atoms with van der Waals surface area (Å²) >= 11 is 6.17. The number of anilines is 1. The number of benzene rings is 2. The van der Waals surface area contributed by atoms with E-state index in [4.69, 9.17) is 20.9 Å². The van der Waals surface area contributed by atoms with E-state index in [2.05, 4.69) is 9.88 Å². The first kappa shape index (κ1) is 21.9. The quantitative estimate of drug-likeness (QED) is 0.533. The van der Waals surface area contributed by atoms with Crippen LogP contribution in [0.25, 0.3) is 11.3 Å². The Morgan fingerprint density at radius 1 is 1.20 bits per heavy atom. The molecule has 0 aliphatic heterocycles. The lowest BCUT2D eigenvalue weighted by Gasteiger charge is -2.15. The minimum absolute atomic E-state index is 0.0250. The number of sulfonamides is 1. The Hall–Kier alpha value is -2.84. The van der Waals surface area contributed by atoms with Gasteiger partial charge in [0.2, 0.25) is 10.0 Å². The van der Waals surface area contributed by atoms with E-state index in [0.29, 0.717) is 33.3 Å². The number of rotatable bonds is 7. The summed E-state index contributed by atoms with van der Waals surface area (Å²) in [5.74, 6) is -0.00825. The van der Waals surface area contributed by atoms with Crippen molar-refractivity contribution >= 4 is 33.3 Å². The molecule has 0 fully saturated rings. The van der Waals surface area contributed by atoms with E-state index < -0.39 is 22.1 Å². The van der Waals surface area contributed by atoms with Gasteiger partial charge in [-0.3, -0.25) is 9.52 Å². The van der Waals surface area contributed by atoms with Crippen LogP contribution in [0.4, 0.5) is 5.69 Å². The molecule has 3 rings (SSSR count). The molecule has 0 saturated heterocycles. The van der Waals surface area contributed by atoms with Crippen LogP contribution in [-0.4, -0.2) is 25.8 Å². The smallest absolute Gasteiger partial charge is 0.311 e. The number of carbonyl (C=O) groups excluding carboxylic acids is 1.